The summed E-state index contributed by atoms with van der Waals surface area (Å²) in [5.41, 5.74) is 7.90. The van der Waals surface area contributed by atoms with Crippen LogP contribution in [-0.2, 0) is 26.2 Å². The van der Waals surface area contributed by atoms with Crippen LogP contribution in [0.5, 0.6) is 0 Å². The van der Waals surface area contributed by atoms with Crippen molar-refractivity contribution in [2.75, 3.05) is 28.2 Å². The molecule has 0 N–H and O–H groups in total. The van der Waals surface area contributed by atoms with E-state index in [1.54, 1.807) is 28.2 Å². The summed E-state index contributed by atoms with van der Waals surface area (Å²) in [4.78, 5) is 0. The molecule has 0 fully saturated rings. The zero-order valence-electron chi connectivity index (χ0n) is 25.4. The number of aromatic nitrogens is 1. The summed E-state index contributed by atoms with van der Waals surface area (Å²) < 4.78 is 2.01. The molecular weight excluding hydrogens is 568 g/mol. The number of benzene rings is 3. The van der Waals surface area contributed by atoms with E-state index in [1.165, 1.54) is 11.1 Å². The van der Waals surface area contributed by atoms with Gasteiger partial charge in [-0.25, -0.2) is 0 Å². The van der Waals surface area contributed by atoms with Crippen LogP contribution in [0.1, 0.15) is 68.0 Å². The number of nitrogens with zero attached hydrogens (tertiary/aromatic N) is 4. The minimum atomic E-state index is -0.176. The molecule has 1 atom stereocenters. The standard InChI is InChI=1S/C31H32N2.2C2H6N.Zr/c1-22(2)26-18-12-19-27(23(3)4)31(26)32-30(25-16-10-7-11-17-25)29-21-13-20-28(33(29)5)24-14-8-6-9-15-24;2*1-3-2;/h6-14,16-23,30H,5H2,1-4H3;2*1-2H3;/q-2;2*-1;+4. The Morgan fingerprint density at radius 3 is 1.70 bits per heavy atom. The number of para-hydroxylation sites is 1. The molecular formula is C35H44N4Zr. The molecule has 1 unspecified atom stereocenters. The van der Waals surface area contributed by atoms with E-state index in [1.807, 2.05) is 22.8 Å². The molecule has 40 heavy (non-hydrogen) atoms. The zero-order chi connectivity index (χ0) is 28.8. The summed E-state index contributed by atoms with van der Waals surface area (Å²) in [7, 11) is 11.4. The molecule has 0 spiro atoms. The van der Waals surface area contributed by atoms with Gasteiger partial charge in [0.05, 0.1) is 5.69 Å². The molecule has 4 aromatic rings. The molecule has 0 bridgehead atoms. The first-order chi connectivity index (χ1) is 18.8. The summed E-state index contributed by atoms with van der Waals surface area (Å²) in [5, 5.41) is 12.5. The van der Waals surface area contributed by atoms with Gasteiger partial charge >= 0.3 is 26.2 Å². The van der Waals surface area contributed by atoms with Crippen LogP contribution < -0.4 is 4.57 Å². The van der Waals surface area contributed by atoms with E-state index in [-0.39, 0.29) is 32.2 Å². The topological polar surface area (TPSA) is 46.2 Å². The fraction of sp³-hybridized carbons (Fsp3) is 0.314. The van der Waals surface area contributed by atoms with E-state index in [0.29, 0.717) is 11.8 Å². The maximum atomic E-state index is 5.47. The Bertz CT molecular complexity index is 1210. The molecule has 0 saturated carbocycles. The predicted octanol–water partition coefficient (Wildman–Crippen LogP) is 9.36. The largest absolute Gasteiger partial charge is 4.00 e. The zero-order valence-corrected chi connectivity index (χ0v) is 27.8. The summed E-state index contributed by atoms with van der Waals surface area (Å²) in [5.74, 6) is 0.770. The third-order valence-corrected chi connectivity index (χ3v) is 6.10. The van der Waals surface area contributed by atoms with Crippen molar-refractivity contribution in [1.82, 2.24) is 0 Å². The fourth-order valence-corrected chi connectivity index (χ4v) is 4.32. The molecule has 0 aliphatic rings. The minimum Gasteiger partial charge on any atom is -0.679 e. The van der Waals surface area contributed by atoms with Crippen molar-refractivity contribution in [2.24, 2.45) is 0 Å². The number of pyridine rings is 1. The van der Waals surface area contributed by atoms with Crippen molar-refractivity contribution in [2.45, 2.75) is 45.6 Å². The summed E-state index contributed by atoms with van der Waals surface area (Å²) in [6.07, 6.45) is 0. The second-order valence-electron chi connectivity index (χ2n) is 9.97. The summed E-state index contributed by atoms with van der Waals surface area (Å²) in [6.45, 7) is 8.96. The molecule has 0 radical (unpaired) electrons. The SMILES string of the molecule is C[N-]C.C[N-]C.[CH2-][n+]1c(-c2[c-]cccc2)cccc1C([N-]c1c(C(C)C)cccc1C(C)C)c1ccccc1.[Zr+4]. The first kappa shape index (κ1) is 35.3. The fourth-order valence-electron chi connectivity index (χ4n) is 4.32. The second kappa shape index (κ2) is 18.6. The Labute approximate surface area is 262 Å². The third-order valence-electron chi connectivity index (χ3n) is 6.10. The number of rotatable bonds is 7. The maximum absolute atomic E-state index is 5.47. The smallest absolute Gasteiger partial charge is 0.679 e. The third kappa shape index (κ3) is 9.73. The molecule has 4 rings (SSSR count). The van der Waals surface area contributed by atoms with Gasteiger partial charge < -0.3 is 20.5 Å². The van der Waals surface area contributed by atoms with Crippen molar-refractivity contribution in [3.05, 3.63) is 142 Å². The van der Waals surface area contributed by atoms with Gasteiger partial charge in [-0.2, -0.15) is 28.2 Å². The van der Waals surface area contributed by atoms with E-state index in [2.05, 4.69) is 124 Å². The van der Waals surface area contributed by atoms with E-state index >= 15 is 0 Å². The Morgan fingerprint density at radius 2 is 1.20 bits per heavy atom. The van der Waals surface area contributed by atoms with E-state index < -0.39 is 0 Å². The minimum absolute atomic E-state index is 0. The number of hydrogen-bond donors (Lipinski definition) is 0. The van der Waals surface area contributed by atoms with Crippen LogP contribution in [0.2, 0.25) is 0 Å². The summed E-state index contributed by atoms with van der Waals surface area (Å²) >= 11 is 0. The average molecular weight is 612 g/mol. The average Bonchev–Trinajstić information content (AvgIpc) is 2.93. The Morgan fingerprint density at radius 1 is 0.675 bits per heavy atom. The van der Waals surface area contributed by atoms with Gasteiger partial charge in [0, 0.05) is 7.05 Å². The molecule has 5 heteroatoms. The van der Waals surface area contributed by atoms with Crippen LogP contribution in [0.4, 0.5) is 5.69 Å². The van der Waals surface area contributed by atoms with Gasteiger partial charge in [-0.05, 0) is 17.9 Å². The van der Waals surface area contributed by atoms with Crippen LogP contribution in [0, 0.1) is 13.1 Å². The molecule has 208 valence electrons. The Balaban J connectivity index is 0.00000105. The maximum Gasteiger partial charge on any atom is 4.00 e. The molecule has 0 saturated heterocycles. The summed E-state index contributed by atoms with van der Waals surface area (Å²) in [6, 6.07) is 34.6. The molecule has 3 aromatic carbocycles. The van der Waals surface area contributed by atoms with Gasteiger partial charge in [0.25, 0.3) is 0 Å². The first-order valence-electron chi connectivity index (χ1n) is 13.5. The van der Waals surface area contributed by atoms with Crippen molar-refractivity contribution in [3.8, 4) is 11.3 Å². The first-order valence-corrected chi connectivity index (χ1v) is 13.5. The molecule has 1 aromatic heterocycles. The van der Waals surface area contributed by atoms with Gasteiger partial charge in [-0.1, -0.05) is 117 Å². The molecule has 0 aliphatic heterocycles. The van der Waals surface area contributed by atoms with Gasteiger partial charge in [-0.3, -0.25) is 0 Å². The van der Waals surface area contributed by atoms with Gasteiger partial charge in [-0.15, -0.1) is 36.0 Å². The predicted molar refractivity (Wildman–Crippen MR) is 168 cm³/mol. The van der Waals surface area contributed by atoms with Gasteiger partial charge in [0.15, 0.2) is 0 Å². The van der Waals surface area contributed by atoms with Crippen LogP contribution in [0.25, 0.3) is 27.2 Å². The molecule has 4 nitrogen and oxygen atoms in total. The van der Waals surface area contributed by atoms with Crippen LogP contribution >= 0.6 is 0 Å². The second-order valence-corrected chi connectivity index (χ2v) is 9.97. The van der Waals surface area contributed by atoms with Crippen LogP contribution in [0.3, 0.4) is 0 Å². The molecule has 0 amide bonds. The van der Waals surface area contributed by atoms with Crippen molar-refractivity contribution in [3.63, 3.8) is 0 Å². The molecule has 0 aliphatic carbocycles. The van der Waals surface area contributed by atoms with Gasteiger partial charge in [0.2, 0.25) is 0 Å². The monoisotopic (exact) mass is 610 g/mol. The molecule has 1 heterocycles. The van der Waals surface area contributed by atoms with E-state index in [0.717, 1.165) is 28.2 Å². The van der Waals surface area contributed by atoms with E-state index in [9.17, 15) is 0 Å². The van der Waals surface area contributed by atoms with Crippen LogP contribution in [-0.4, -0.2) is 28.2 Å². The van der Waals surface area contributed by atoms with E-state index in [4.69, 9.17) is 5.32 Å². The Kier molecular flexibility index (Phi) is 16.4. The van der Waals surface area contributed by atoms with Crippen molar-refractivity contribution >= 4 is 5.69 Å². The number of hydrogen-bond acceptors (Lipinski definition) is 0. The normalized spacial score (nSPS) is 10.9. The van der Waals surface area contributed by atoms with Crippen molar-refractivity contribution < 1.29 is 30.8 Å². The van der Waals surface area contributed by atoms with Crippen LogP contribution in [0.15, 0.2) is 91.0 Å². The van der Waals surface area contributed by atoms with Gasteiger partial charge in [0.1, 0.15) is 5.69 Å². The quantitative estimate of drug-likeness (QED) is 0.148. The Hall–Kier alpha value is -2.72. The van der Waals surface area contributed by atoms with Crippen molar-refractivity contribution in [1.29, 1.82) is 0 Å².